The molecule has 0 fully saturated rings. The molecule has 0 saturated carbocycles. The Balaban J connectivity index is 2.21. The van der Waals surface area contributed by atoms with Crippen LogP contribution in [0.15, 0.2) is 41.2 Å². The summed E-state index contributed by atoms with van der Waals surface area (Å²) in [6.45, 7) is 2.44. The summed E-state index contributed by atoms with van der Waals surface area (Å²) in [7, 11) is 0. The van der Waals surface area contributed by atoms with E-state index in [-0.39, 0.29) is 5.56 Å². The predicted molar refractivity (Wildman–Crippen MR) is 70.8 cm³/mol. The molecular weight excluding hydrogens is 232 g/mol. The van der Waals surface area contributed by atoms with E-state index in [1.165, 1.54) is 5.56 Å². The number of aromatic nitrogens is 2. The normalized spacial score (nSPS) is 10.4. The van der Waals surface area contributed by atoms with Crippen LogP contribution in [0.3, 0.4) is 0 Å². The maximum absolute atomic E-state index is 11.8. The van der Waals surface area contributed by atoms with Crippen LogP contribution in [0.25, 0.3) is 0 Å². The molecule has 17 heavy (non-hydrogen) atoms. The average molecular weight is 246 g/mol. The van der Waals surface area contributed by atoms with Gasteiger partial charge in [-0.1, -0.05) is 30.3 Å². The van der Waals surface area contributed by atoms with Gasteiger partial charge >= 0.3 is 0 Å². The van der Waals surface area contributed by atoms with E-state index >= 15 is 0 Å². The fourth-order valence-electron chi connectivity index (χ4n) is 1.73. The van der Waals surface area contributed by atoms with Gasteiger partial charge in [-0.25, -0.2) is 0 Å². The number of hydrogen-bond acceptors (Lipinski definition) is 2. The summed E-state index contributed by atoms with van der Waals surface area (Å²) in [4.78, 5) is 14.8. The van der Waals surface area contributed by atoms with E-state index in [1.807, 2.05) is 37.3 Å². The highest BCUT2D eigenvalue weighted by molar-refractivity contribution is 7.71. The number of aromatic amines is 1. The molecule has 0 unspecified atom stereocenters. The smallest absolute Gasteiger partial charge is 0.254 e. The lowest BCUT2D eigenvalue weighted by Crippen LogP contribution is -2.22. The number of nitrogens with one attached hydrogen (secondary N) is 1. The first-order chi connectivity index (χ1) is 8.16. The highest BCUT2D eigenvalue weighted by Gasteiger charge is 2.00. The minimum atomic E-state index is -0.0396. The molecule has 1 heterocycles. The Kier molecular flexibility index (Phi) is 3.54. The Hall–Kier alpha value is -1.68. The quantitative estimate of drug-likeness (QED) is 0.845. The first-order valence-corrected chi connectivity index (χ1v) is 5.92. The van der Waals surface area contributed by atoms with Gasteiger partial charge in [0.05, 0.1) is 0 Å². The minimum absolute atomic E-state index is 0.0396. The molecule has 88 valence electrons. The molecule has 1 aromatic carbocycles. The zero-order valence-corrected chi connectivity index (χ0v) is 10.5. The topological polar surface area (TPSA) is 37.8 Å². The third-order valence-corrected chi connectivity index (χ3v) is 2.94. The number of aryl methyl sites for hydroxylation is 2. The second-order valence-corrected chi connectivity index (χ2v) is 4.37. The van der Waals surface area contributed by atoms with E-state index in [0.29, 0.717) is 11.3 Å². The van der Waals surface area contributed by atoms with Crippen LogP contribution in [0.1, 0.15) is 11.3 Å². The molecule has 0 radical (unpaired) electrons. The molecule has 0 aliphatic rings. The van der Waals surface area contributed by atoms with Gasteiger partial charge in [0.1, 0.15) is 0 Å². The first kappa shape index (κ1) is 11.8. The molecule has 0 atom stereocenters. The molecule has 0 aliphatic carbocycles. The van der Waals surface area contributed by atoms with Crippen LogP contribution in [0.2, 0.25) is 0 Å². The third-order valence-electron chi connectivity index (χ3n) is 2.62. The van der Waals surface area contributed by atoms with Gasteiger partial charge in [0.2, 0.25) is 0 Å². The summed E-state index contributed by atoms with van der Waals surface area (Å²) in [5, 5.41) is 0. The van der Waals surface area contributed by atoms with Crippen molar-refractivity contribution in [3.8, 4) is 0 Å². The monoisotopic (exact) mass is 246 g/mol. The molecular formula is C13H14N2OS. The lowest BCUT2D eigenvalue weighted by Gasteiger charge is -2.06. The van der Waals surface area contributed by atoms with Crippen LogP contribution in [0.5, 0.6) is 0 Å². The van der Waals surface area contributed by atoms with Crippen LogP contribution in [-0.2, 0) is 13.0 Å². The van der Waals surface area contributed by atoms with Crippen LogP contribution >= 0.6 is 12.2 Å². The highest BCUT2D eigenvalue weighted by Crippen LogP contribution is 2.01. The van der Waals surface area contributed by atoms with Crippen molar-refractivity contribution in [1.29, 1.82) is 0 Å². The summed E-state index contributed by atoms with van der Waals surface area (Å²) in [6, 6.07) is 11.6. The van der Waals surface area contributed by atoms with Gasteiger partial charge in [0.15, 0.2) is 4.77 Å². The molecule has 0 amide bonds. The van der Waals surface area contributed by atoms with Crippen molar-refractivity contribution in [3.63, 3.8) is 0 Å². The highest BCUT2D eigenvalue weighted by atomic mass is 32.1. The summed E-state index contributed by atoms with van der Waals surface area (Å²) < 4.78 is 2.08. The summed E-state index contributed by atoms with van der Waals surface area (Å²) >= 11 is 5.15. The molecule has 0 bridgehead atoms. The van der Waals surface area contributed by atoms with Crippen LogP contribution in [-0.4, -0.2) is 9.55 Å². The second-order valence-electron chi connectivity index (χ2n) is 3.98. The van der Waals surface area contributed by atoms with Crippen molar-refractivity contribution in [1.82, 2.24) is 9.55 Å². The van der Waals surface area contributed by atoms with Crippen LogP contribution in [0.4, 0.5) is 0 Å². The molecule has 1 N–H and O–H groups in total. The number of hydrogen-bond donors (Lipinski definition) is 1. The number of nitrogens with zero attached hydrogens (tertiary/aromatic N) is 1. The maximum atomic E-state index is 11.8. The van der Waals surface area contributed by atoms with Gasteiger partial charge in [-0.3, -0.25) is 9.36 Å². The Morgan fingerprint density at radius 2 is 2.00 bits per heavy atom. The van der Waals surface area contributed by atoms with Gasteiger partial charge in [-0.2, -0.15) is 0 Å². The van der Waals surface area contributed by atoms with Gasteiger partial charge in [-0.15, -0.1) is 0 Å². The van der Waals surface area contributed by atoms with Gasteiger partial charge in [0, 0.05) is 18.3 Å². The van der Waals surface area contributed by atoms with Crippen LogP contribution < -0.4 is 5.56 Å². The Bertz CT molecular complexity index is 582. The summed E-state index contributed by atoms with van der Waals surface area (Å²) in [6.07, 6.45) is 0.807. The van der Waals surface area contributed by atoms with E-state index in [0.717, 1.165) is 12.1 Å². The molecule has 2 rings (SSSR count). The zero-order chi connectivity index (χ0) is 12.3. The van der Waals surface area contributed by atoms with E-state index < -0.39 is 0 Å². The van der Waals surface area contributed by atoms with Crippen molar-refractivity contribution in [2.75, 3.05) is 0 Å². The number of rotatable bonds is 3. The van der Waals surface area contributed by atoms with E-state index in [1.54, 1.807) is 10.6 Å². The minimum Gasteiger partial charge on any atom is -0.336 e. The van der Waals surface area contributed by atoms with E-state index in [2.05, 4.69) is 4.98 Å². The Morgan fingerprint density at radius 3 is 2.65 bits per heavy atom. The fraction of sp³-hybridized carbons (Fsp3) is 0.231. The second kappa shape index (κ2) is 5.10. The standard InChI is InChI=1S/C13H14N2OS/c1-10-9-12(16)15(13(17)14-10)8-7-11-5-3-2-4-6-11/h2-6,9H,7-8H2,1H3,(H,14,17). The molecule has 1 aromatic heterocycles. The van der Waals surface area contributed by atoms with E-state index in [4.69, 9.17) is 12.2 Å². The molecule has 2 aromatic rings. The van der Waals surface area contributed by atoms with Crippen molar-refractivity contribution in [2.45, 2.75) is 19.9 Å². The largest absolute Gasteiger partial charge is 0.336 e. The molecule has 4 heteroatoms. The SMILES string of the molecule is Cc1cc(=O)n(CCc2ccccc2)c(=S)[nH]1. The van der Waals surface area contributed by atoms with Gasteiger partial charge < -0.3 is 4.98 Å². The fourth-order valence-corrected chi connectivity index (χ4v) is 2.08. The lowest BCUT2D eigenvalue weighted by molar-refractivity contribution is 0.641. The van der Waals surface area contributed by atoms with Crippen molar-refractivity contribution >= 4 is 12.2 Å². The third kappa shape index (κ3) is 2.91. The lowest BCUT2D eigenvalue weighted by atomic mass is 10.1. The summed E-state index contributed by atoms with van der Waals surface area (Å²) in [5.74, 6) is 0. The first-order valence-electron chi connectivity index (χ1n) is 5.51. The van der Waals surface area contributed by atoms with Crippen LogP contribution in [0, 0.1) is 11.7 Å². The van der Waals surface area contributed by atoms with E-state index in [9.17, 15) is 4.79 Å². The maximum Gasteiger partial charge on any atom is 0.254 e. The molecule has 3 nitrogen and oxygen atoms in total. The predicted octanol–water partition coefficient (Wildman–Crippen LogP) is 2.46. The van der Waals surface area contributed by atoms with Crippen molar-refractivity contribution in [2.24, 2.45) is 0 Å². The Morgan fingerprint density at radius 1 is 1.29 bits per heavy atom. The number of benzene rings is 1. The number of H-pyrrole nitrogens is 1. The van der Waals surface area contributed by atoms with Gasteiger partial charge in [0.25, 0.3) is 5.56 Å². The zero-order valence-electron chi connectivity index (χ0n) is 9.64. The van der Waals surface area contributed by atoms with Gasteiger partial charge in [-0.05, 0) is 31.1 Å². The van der Waals surface area contributed by atoms with Crippen molar-refractivity contribution < 1.29 is 0 Å². The summed E-state index contributed by atoms with van der Waals surface area (Å²) in [5.41, 5.74) is 1.97. The average Bonchev–Trinajstić information content (AvgIpc) is 2.29. The molecule has 0 saturated heterocycles. The molecule has 0 spiro atoms. The van der Waals surface area contributed by atoms with Crippen molar-refractivity contribution in [3.05, 3.63) is 62.8 Å². The Labute approximate surface area is 105 Å². The molecule has 0 aliphatic heterocycles.